The lowest BCUT2D eigenvalue weighted by Gasteiger charge is -2.12. The molecule has 29 heavy (non-hydrogen) atoms. The zero-order valence-corrected chi connectivity index (χ0v) is 16.6. The van der Waals surface area contributed by atoms with Gasteiger partial charge in [-0.25, -0.2) is 4.98 Å². The van der Waals surface area contributed by atoms with Crippen LogP contribution in [0.3, 0.4) is 0 Å². The van der Waals surface area contributed by atoms with E-state index in [4.69, 9.17) is 13.9 Å². The van der Waals surface area contributed by atoms with Crippen molar-refractivity contribution in [1.82, 2.24) is 4.98 Å². The van der Waals surface area contributed by atoms with E-state index in [9.17, 15) is 4.79 Å². The van der Waals surface area contributed by atoms with Crippen molar-refractivity contribution in [2.75, 3.05) is 19.2 Å². The highest BCUT2D eigenvalue weighted by Crippen LogP contribution is 2.32. The fourth-order valence-electron chi connectivity index (χ4n) is 2.62. The van der Waals surface area contributed by atoms with Crippen LogP contribution >= 0.6 is 11.3 Å². The number of aromatic nitrogens is 1. The largest absolute Gasteiger partial charge is 0.497 e. The number of methoxy groups -OCH3 is 2. The van der Waals surface area contributed by atoms with Crippen LogP contribution in [0.2, 0.25) is 0 Å². The first-order valence-corrected chi connectivity index (χ1v) is 9.50. The van der Waals surface area contributed by atoms with E-state index in [2.05, 4.69) is 10.1 Å². The van der Waals surface area contributed by atoms with E-state index in [1.54, 1.807) is 32.6 Å². The van der Waals surface area contributed by atoms with Crippen molar-refractivity contribution in [3.8, 4) is 11.5 Å². The molecule has 0 aliphatic carbocycles. The van der Waals surface area contributed by atoms with Gasteiger partial charge in [-0.05, 0) is 60.2 Å². The summed E-state index contributed by atoms with van der Waals surface area (Å²) in [6.07, 6.45) is 3.04. The number of hydrogen-bond donors (Lipinski definition) is 0. The number of anilines is 1. The predicted octanol–water partition coefficient (Wildman–Crippen LogP) is 4.59. The molecule has 0 bridgehead atoms. The van der Waals surface area contributed by atoms with Gasteiger partial charge in [-0.15, -0.1) is 0 Å². The Morgan fingerprint density at radius 3 is 2.55 bits per heavy atom. The molecule has 1 amide bonds. The van der Waals surface area contributed by atoms with Gasteiger partial charge < -0.3 is 13.9 Å². The number of benzene rings is 2. The van der Waals surface area contributed by atoms with E-state index in [1.807, 2.05) is 42.5 Å². The quantitative estimate of drug-likeness (QED) is 0.345. The third-order valence-electron chi connectivity index (χ3n) is 4.13. The molecular weight excluding hydrogens is 390 g/mol. The normalized spacial score (nSPS) is 11.1. The summed E-state index contributed by atoms with van der Waals surface area (Å²) >= 11 is 1.34. The summed E-state index contributed by atoms with van der Waals surface area (Å²) in [5.41, 5.74) is 1.56. The fourth-order valence-corrected chi connectivity index (χ4v) is 3.57. The highest BCUT2D eigenvalue weighted by Gasteiger charge is 2.23. The SMILES string of the molecule is COc1ccc(/C=N\N(C(=O)c2ccco2)c2nc3ccc(OC)cc3s2)cc1. The minimum Gasteiger partial charge on any atom is -0.497 e. The van der Waals surface area contributed by atoms with Crippen LogP contribution in [0.25, 0.3) is 10.2 Å². The molecule has 0 spiro atoms. The maximum atomic E-state index is 13.0. The topological polar surface area (TPSA) is 77.2 Å². The third-order valence-corrected chi connectivity index (χ3v) is 5.12. The Balaban J connectivity index is 1.71. The summed E-state index contributed by atoms with van der Waals surface area (Å²) in [4.78, 5) is 17.5. The number of fused-ring (bicyclic) bond motifs is 1. The van der Waals surface area contributed by atoms with Gasteiger partial charge in [0.15, 0.2) is 5.76 Å². The standard InChI is InChI=1S/C21H17N3O4S/c1-26-15-7-5-14(6-8-15)13-22-24(20(25)18-4-3-11-28-18)21-23-17-10-9-16(27-2)12-19(17)29-21/h3-13H,1-2H3/b22-13-. The van der Waals surface area contributed by atoms with Gasteiger partial charge in [0.1, 0.15) is 11.5 Å². The van der Waals surface area contributed by atoms with Crippen LogP contribution in [0.15, 0.2) is 70.4 Å². The van der Waals surface area contributed by atoms with Crippen LogP contribution in [0.1, 0.15) is 16.1 Å². The van der Waals surface area contributed by atoms with E-state index in [1.165, 1.54) is 22.6 Å². The molecule has 4 rings (SSSR count). The Morgan fingerprint density at radius 1 is 1.10 bits per heavy atom. The van der Waals surface area contributed by atoms with Crippen LogP contribution in [-0.4, -0.2) is 31.3 Å². The average Bonchev–Trinajstić information content (AvgIpc) is 3.43. The van der Waals surface area contributed by atoms with Crippen molar-refractivity contribution < 1.29 is 18.7 Å². The van der Waals surface area contributed by atoms with Crippen molar-refractivity contribution in [1.29, 1.82) is 0 Å². The maximum absolute atomic E-state index is 13.0. The highest BCUT2D eigenvalue weighted by atomic mass is 32.1. The molecule has 7 nitrogen and oxygen atoms in total. The molecule has 8 heteroatoms. The Labute approximate surface area is 170 Å². The van der Waals surface area contributed by atoms with Gasteiger partial charge in [-0.2, -0.15) is 10.1 Å². The predicted molar refractivity (Wildman–Crippen MR) is 112 cm³/mol. The van der Waals surface area contributed by atoms with Crippen LogP contribution in [0.4, 0.5) is 5.13 Å². The van der Waals surface area contributed by atoms with Crippen LogP contribution < -0.4 is 14.5 Å². The number of rotatable bonds is 6. The van der Waals surface area contributed by atoms with Gasteiger partial charge in [0, 0.05) is 0 Å². The van der Waals surface area contributed by atoms with Crippen molar-refractivity contribution >= 4 is 38.8 Å². The number of amides is 1. The number of carbonyl (C=O) groups is 1. The van der Waals surface area contributed by atoms with Crippen molar-refractivity contribution in [3.63, 3.8) is 0 Å². The number of ether oxygens (including phenoxy) is 2. The molecule has 146 valence electrons. The summed E-state index contributed by atoms with van der Waals surface area (Å²) in [6, 6.07) is 16.1. The smallest absolute Gasteiger partial charge is 0.316 e. The molecule has 2 aromatic carbocycles. The van der Waals surface area contributed by atoms with E-state index >= 15 is 0 Å². The van der Waals surface area contributed by atoms with Crippen LogP contribution in [0, 0.1) is 0 Å². The molecule has 0 N–H and O–H groups in total. The number of carbonyl (C=O) groups excluding carboxylic acids is 1. The summed E-state index contributed by atoms with van der Waals surface area (Å²) in [5, 5.41) is 6.05. The third kappa shape index (κ3) is 3.97. The Bertz CT molecular complexity index is 1150. The number of thiazole rings is 1. The Kier molecular flexibility index (Phi) is 5.26. The summed E-state index contributed by atoms with van der Waals surface area (Å²) in [6.45, 7) is 0. The van der Waals surface area contributed by atoms with E-state index in [-0.39, 0.29) is 5.76 Å². The lowest BCUT2D eigenvalue weighted by Crippen LogP contribution is -2.25. The molecule has 0 saturated carbocycles. The van der Waals surface area contributed by atoms with Gasteiger partial charge in [-0.3, -0.25) is 4.79 Å². The summed E-state index contributed by atoms with van der Waals surface area (Å²) < 4.78 is 16.6. The number of nitrogens with zero attached hydrogens (tertiary/aromatic N) is 3. The lowest BCUT2D eigenvalue weighted by atomic mass is 10.2. The number of hydrazone groups is 1. The molecule has 0 radical (unpaired) electrons. The number of hydrogen-bond acceptors (Lipinski definition) is 7. The molecule has 0 aliphatic rings. The molecular formula is C21H17N3O4S. The molecule has 0 atom stereocenters. The molecule has 0 fully saturated rings. The molecule has 0 aliphatic heterocycles. The zero-order valence-electron chi connectivity index (χ0n) is 15.7. The van der Waals surface area contributed by atoms with Crippen LogP contribution in [0.5, 0.6) is 11.5 Å². The highest BCUT2D eigenvalue weighted by molar-refractivity contribution is 7.22. The van der Waals surface area contributed by atoms with Gasteiger partial charge in [-0.1, -0.05) is 11.3 Å². The summed E-state index contributed by atoms with van der Waals surface area (Å²) in [7, 11) is 3.21. The van der Waals surface area contributed by atoms with Gasteiger partial charge >= 0.3 is 5.91 Å². The minimum atomic E-state index is -0.411. The van der Waals surface area contributed by atoms with E-state index in [0.29, 0.717) is 5.13 Å². The first-order valence-electron chi connectivity index (χ1n) is 8.68. The Morgan fingerprint density at radius 2 is 1.86 bits per heavy atom. The van der Waals surface area contributed by atoms with Gasteiger partial charge in [0.25, 0.3) is 0 Å². The van der Waals surface area contributed by atoms with Crippen molar-refractivity contribution in [2.24, 2.45) is 5.10 Å². The molecule has 0 saturated heterocycles. The second-order valence-electron chi connectivity index (χ2n) is 5.94. The van der Waals surface area contributed by atoms with Crippen LogP contribution in [-0.2, 0) is 0 Å². The Hall–Kier alpha value is -3.65. The summed E-state index contributed by atoms with van der Waals surface area (Å²) in [5.74, 6) is 1.23. The zero-order chi connectivity index (χ0) is 20.2. The van der Waals surface area contributed by atoms with E-state index in [0.717, 1.165) is 27.3 Å². The number of furan rings is 1. The average molecular weight is 407 g/mol. The second kappa shape index (κ2) is 8.15. The molecule has 0 unspecified atom stereocenters. The lowest BCUT2D eigenvalue weighted by molar-refractivity contribution is 0.0961. The maximum Gasteiger partial charge on any atom is 0.316 e. The first-order chi connectivity index (χ1) is 14.2. The fraction of sp³-hybridized carbons (Fsp3) is 0.0952. The molecule has 2 heterocycles. The van der Waals surface area contributed by atoms with Crippen molar-refractivity contribution in [3.05, 3.63) is 72.2 Å². The van der Waals surface area contributed by atoms with E-state index < -0.39 is 5.91 Å². The molecule has 2 aromatic heterocycles. The first kappa shape index (κ1) is 18.7. The van der Waals surface area contributed by atoms with Gasteiger partial charge in [0.2, 0.25) is 5.13 Å². The van der Waals surface area contributed by atoms with Crippen molar-refractivity contribution in [2.45, 2.75) is 0 Å². The second-order valence-corrected chi connectivity index (χ2v) is 6.95. The molecule has 4 aromatic rings. The monoisotopic (exact) mass is 407 g/mol. The van der Waals surface area contributed by atoms with Gasteiger partial charge in [0.05, 0.1) is 36.9 Å². The minimum absolute atomic E-state index is 0.175.